The molecule has 1 aliphatic heterocycles. The minimum absolute atomic E-state index is 0.0961. The monoisotopic (exact) mass is 273 g/mol. The zero-order valence-corrected chi connectivity index (χ0v) is 12.1. The smallest absolute Gasteiger partial charge is 0.174 e. The summed E-state index contributed by atoms with van der Waals surface area (Å²) in [5, 5.41) is 12.1. The van der Waals surface area contributed by atoms with Gasteiger partial charge in [-0.3, -0.25) is 0 Å². The van der Waals surface area contributed by atoms with E-state index in [4.69, 9.17) is 10.00 Å². The molecule has 1 fully saturated rings. The van der Waals surface area contributed by atoms with Crippen LogP contribution in [0, 0.1) is 11.3 Å². The third kappa shape index (κ3) is 4.43. The van der Waals surface area contributed by atoms with Crippen LogP contribution in [0.25, 0.3) is 0 Å². The van der Waals surface area contributed by atoms with Gasteiger partial charge in [0.2, 0.25) is 0 Å². The molecule has 4 heteroatoms. The first kappa shape index (κ1) is 14.7. The molecule has 1 N–H and O–H groups in total. The summed E-state index contributed by atoms with van der Waals surface area (Å²) in [6.07, 6.45) is 3.60. The fourth-order valence-electron chi connectivity index (χ4n) is 2.64. The molecule has 0 aliphatic carbocycles. The van der Waals surface area contributed by atoms with Crippen molar-refractivity contribution in [2.75, 3.05) is 31.6 Å². The Kier molecular flexibility index (Phi) is 5.69. The Morgan fingerprint density at radius 2 is 2.20 bits per heavy atom. The van der Waals surface area contributed by atoms with Gasteiger partial charge in [0.25, 0.3) is 0 Å². The number of piperidine rings is 1. The molecule has 4 nitrogen and oxygen atoms in total. The van der Waals surface area contributed by atoms with Crippen molar-refractivity contribution in [3.8, 4) is 11.8 Å². The van der Waals surface area contributed by atoms with Gasteiger partial charge in [0.05, 0.1) is 0 Å². The minimum Gasteiger partial charge on any atom is -0.479 e. The fourth-order valence-corrected chi connectivity index (χ4v) is 2.64. The van der Waals surface area contributed by atoms with E-state index < -0.39 is 0 Å². The van der Waals surface area contributed by atoms with Gasteiger partial charge >= 0.3 is 0 Å². The van der Waals surface area contributed by atoms with E-state index in [9.17, 15) is 0 Å². The second kappa shape index (κ2) is 7.76. The van der Waals surface area contributed by atoms with E-state index in [1.165, 1.54) is 38.9 Å². The summed E-state index contributed by atoms with van der Waals surface area (Å²) < 4.78 is 5.32. The highest BCUT2D eigenvalue weighted by Crippen LogP contribution is 2.21. The van der Waals surface area contributed by atoms with Gasteiger partial charge in [-0.15, -0.1) is 0 Å². The zero-order valence-electron chi connectivity index (χ0n) is 12.1. The number of ether oxygens (including phenoxy) is 1. The van der Waals surface area contributed by atoms with Gasteiger partial charge in [-0.05, 0) is 37.9 Å². The molecule has 0 unspecified atom stereocenters. The van der Waals surface area contributed by atoms with Crippen LogP contribution >= 0.6 is 0 Å². The minimum atomic E-state index is 0.0961. The van der Waals surface area contributed by atoms with Crippen molar-refractivity contribution in [3.63, 3.8) is 0 Å². The second-order valence-corrected chi connectivity index (χ2v) is 5.23. The van der Waals surface area contributed by atoms with Crippen LogP contribution in [0.3, 0.4) is 0 Å². The summed E-state index contributed by atoms with van der Waals surface area (Å²) in [5.41, 5.74) is 1.08. The normalized spacial score (nSPS) is 16.6. The average molecular weight is 273 g/mol. The maximum absolute atomic E-state index is 8.53. The summed E-state index contributed by atoms with van der Waals surface area (Å²) in [4.78, 5) is 2.53. The molecule has 2 rings (SSSR count). The van der Waals surface area contributed by atoms with Gasteiger partial charge in [-0.25, -0.2) is 0 Å². The van der Waals surface area contributed by atoms with Crippen molar-refractivity contribution in [3.05, 3.63) is 24.3 Å². The Morgan fingerprint density at radius 3 is 2.90 bits per heavy atom. The van der Waals surface area contributed by atoms with Gasteiger partial charge in [0.15, 0.2) is 6.61 Å². The zero-order chi connectivity index (χ0) is 14.2. The first-order chi connectivity index (χ1) is 9.81. The Morgan fingerprint density at radius 1 is 1.40 bits per heavy atom. The third-order valence-electron chi connectivity index (χ3n) is 3.64. The van der Waals surface area contributed by atoms with Crippen molar-refractivity contribution in [1.82, 2.24) is 4.90 Å². The van der Waals surface area contributed by atoms with Crippen LogP contribution in [0.2, 0.25) is 0 Å². The number of rotatable bonds is 6. The lowest BCUT2D eigenvalue weighted by atomic mass is 10.0. The molecule has 20 heavy (non-hydrogen) atoms. The maximum atomic E-state index is 8.53. The van der Waals surface area contributed by atoms with Gasteiger partial charge < -0.3 is 15.0 Å². The summed E-state index contributed by atoms with van der Waals surface area (Å²) in [6, 6.07) is 10.4. The standard InChI is InChI=1S/C16H23N3O/c1-2-9-19-10-6-14(7-11-19)18-15-4-3-5-16(13-15)20-12-8-17/h3-5,13-14,18H,2,6-7,9-12H2,1H3. The second-order valence-electron chi connectivity index (χ2n) is 5.23. The van der Waals surface area contributed by atoms with Crippen molar-refractivity contribution < 1.29 is 4.74 Å². The topological polar surface area (TPSA) is 48.3 Å². The molecule has 1 aromatic rings. The fraction of sp³-hybridized carbons (Fsp3) is 0.562. The highest BCUT2D eigenvalue weighted by Gasteiger charge is 2.18. The molecule has 108 valence electrons. The molecule has 1 heterocycles. The van der Waals surface area contributed by atoms with E-state index in [1.54, 1.807) is 0 Å². The number of hydrogen-bond acceptors (Lipinski definition) is 4. The lowest BCUT2D eigenvalue weighted by Crippen LogP contribution is -2.39. The van der Waals surface area contributed by atoms with Gasteiger partial charge in [-0.1, -0.05) is 13.0 Å². The molecule has 0 amide bonds. The summed E-state index contributed by atoms with van der Waals surface area (Å²) in [6.45, 7) is 5.90. The van der Waals surface area contributed by atoms with Gasteiger partial charge in [0, 0.05) is 30.9 Å². The lowest BCUT2D eigenvalue weighted by molar-refractivity contribution is 0.219. The summed E-state index contributed by atoms with van der Waals surface area (Å²) in [5.74, 6) is 0.750. The van der Waals surface area contributed by atoms with Crippen LogP contribution in [0.4, 0.5) is 5.69 Å². The molecule has 0 saturated carbocycles. The molecule has 1 aromatic carbocycles. The highest BCUT2D eigenvalue weighted by atomic mass is 16.5. The Hall–Kier alpha value is -1.73. The molecule has 0 spiro atoms. The number of nitrogens with one attached hydrogen (secondary N) is 1. The van der Waals surface area contributed by atoms with Crippen molar-refractivity contribution in [2.45, 2.75) is 32.2 Å². The average Bonchev–Trinajstić information content (AvgIpc) is 2.48. The maximum Gasteiger partial charge on any atom is 0.174 e. The van der Waals surface area contributed by atoms with Crippen molar-refractivity contribution >= 4 is 5.69 Å². The van der Waals surface area contributed by atoms with Crippen molar-refractivity contribution in [2.24, 2.45) is 0 Å². The Labute approximate surface area is 121 Å². The van der Waals surface area contributed by atoms with Gasteiger partial charge in [0.1, 0.15) is 11.8 Å². The van der Waals surface area contributed by atoms with Crippen molar-refractivity contribution in [1.29, 1.82) is 5.26 Å². The first-order valence-electron chi connectivity index (χ1n) is 7.40. The van der Waals surface area contributed by atoms with E-state index in [1.807, 2.05) is 24.3 Å². The Balaban J connectivity index is 1.83. The SMILES string of the molecule is CCCN1CCC(Nc2cccc(OCC#N)c2)CC1. The van der Waals surface area contributed by atoms with E-state index >= 15 is 0 Å². The molecule has 0 atom stereocenters. The molecule has 0 bridgehead atoms. The van der Waals surface area contributed by atoms with E-state index in [0.717, 1.165) is 11.4 Å². The lowest BCUT2D eigenvalue weighted by Gasteiger charge is -2.32. The number of benzene rings is 1. The predicted octanol–water partition coefficient (Wildman–Crippen LogP) is 2.88. The summed E-state index contributed by atoms with van der Waals surface area (Å²) >= 11 is 0. The first-order valence-corrected chi connectivity index (χ1v) is 7.40. The van der Waals surface area contributed by atoms with Crippen LogP contribution in [-0.2, 0) is 0 Å². The number of hydrogen-bond donors (Lipinski definition) is 1. The predicted molar refractivity (Wildman–Crippen MR) is 80.9 cm³/mol. The molecular weight excluding hydrogens is 250 g/mol. The molecule has 1 aliphatic rings. The van der Waals surface area contributed by atoms with Crippen LogP contribution in [0.15, 0.2) is 24.3 Å². The molecule has 0 radical (unpaired) electrons. The number of anilines is 1. The largest absolute Gasteiger partial charge is 0.479 e. The van der Waals surface area contributed by atoms with E-state index in [2.05, 4.69) is 23.2 Å². The molecule has 0 aromatic heterocycles. The third-order valence-corrected chi connectivity index (χ3v) is 3.64. The van der Waals surface area contributed by atoms with E-state index in [0.29, 0.717) is 6.04 Å². The Bertz CT molecular complexity index is 447. The highest BCUT2D eigenvalue weighted by molar-refractivity contribution is 5.49. The molecule has 1 saturated heterocycles. The summed E-state index contributed by atoms with van der Waals surface area (Å²) in [7, 11) is 0. The number of likely N-dealkylation sites (tertiary alicyclic amines) is 1. The quantitative estimate of drug-likeness (QED) is 0.866. The van der Waals surface area contributed by atoms with Crippen LogP contribution in [-0.4, -0.2) is 37.2 Å². The van der Waals surface area contributed by atoms with Crippen LogP contribution < -0.4 is 10.1 Å². The van der Waals surface area contributed by atoms with Crippen LogP contribution in [0.1, 0.15) is 26.2 Å². The van der Waals surface area contributed by atoms with Gasteiger partial charge in [-0.2, -0.15) is 5.26 Å². The van der Waals surface area contributed by atoms with E-state index in [-0.39, 0.29) is 6.61 Å². The van der Waals surface area contributed by atoms with Crippen LogP contribution in [0.5, 0.6) is 5.75 Å². The number of nitrogens with zero attached hydrogens (tertiary/aromatic N) is 2. The molecular formula is C16H23N3O. The number of nitriles is 1.